The fourth-order valence-electron chi connectivity index (χ4n) is 2.64. The highest BCUT2D eigenvalue weighted by Crippen LogP contribution is 2.32. The van der Waals surface area contributed by atoms with Crippen molar-refractivity contribution in [2.75, 3.05) is 0 Å². The number of fused-ring (bicyclic) bond motifs is 1. The smallest absolute Gasteiger partial charge is 0.303 e. The number of carboxylic acids is 1. The molecule has 1 N–H and O–H groups in total. The lowest BCUT2D eigenvalue weighted by atomic mass is 10.1. The number of rotatable bonds is 7. The van der Waals surface area contributed by atoms with Crippen molar-refractivity contribution in [1.29, 1.82) is 0 Å². The van der Waals surface area contributed by atoms with E-state index in [2.05, 4.69) is 0 Å². The maximum absolute atomic E-state index is 11.1. The maximum Gasteiger partial charge on any atom is 0.303 e. The van der Waals surface area contributed by atoms with Crippen molar-refractivity contribution >= 4 is 39.2 Å². The molecule has 5 heteroatoms. The number of aliphatic carboxylic acids is 1. The average molecular weight is 367 g/mol. The molecule has 0 spiro atoms. The van der Waals surface area contributed by atoms with E-state index in [9.17, 15) is 4.79 Å². The second-order valence-corrected chi connectivity index (χ2v) is 7.29. The van der Waals surface area contributed by atoms with Gasteiger partial charge in [0.05, 0.1) is 16.3 Å². The van der Waals surface area contributed by atoms with Gasteiger partial charge in [0.1, 0.15) is 10.8 Å². The molecular weight excluding hydrogens is 346 g/mol. The topological polar surface area (TPSA) is 59.4 Å². The van der Waals surface area contributed by atoms with Gasteiger partial charge in [-0.1, -0.05) is 30.3 Å². The summed E-state index contributed by atoms with van der Waals surface area (Å²) in [7, 11) is 0. The van der Waals surface area contributed by atoms with Crippen LogP contribution in [0.15, 0.2) is 48.5 Å². The molecule has 134 valence electrons. The molecule has 1 heterocycles. The van der Waals surface area contributed by atoms with E-state index in [-0.39, 0.29) is 12.5 Å². The molecule has 0 unspecified atom stereocenters. The number of carboxylic acid groups (broad SMARTS) is 1. The van der Waals surface area contributed by atoms with Crippen molar-refractivity contribution in [3.8, 4) is 5.75 Å². The molecule has 0 saturated carbocycles. The highest BCUT2D eigenvalue weighted by Gasteiger charge is 2.12. The number of ether oxygens (including phenoxy) is 1. The van der Waals surface area contributed by atoms with Crippen molar-refractivity contribution in [2.24, 2.45) is 0 Å². The zero-order chi connectivity index (χ0) is 18.5. The van der Waals surface area contributed by atoms with E-state index >= 15 is 0 Å². The van der Waals surface area contributed by atoms with Gasteiger partial charge in [0.25, 0.3) is 0 Å². The molecule has 3 rings (SSSR count). The fourth-order valence-corrected chi connectivity index (χ4v) is 3.65. The van der Waals surface area contributed by atoms with Crippen LogP contribution < -0.4 is 4.74 Å². The fraction of sp³-hybridized carbons (Fsp3) is 0.238. The zero-order valence-corrected chi connectivity index (χ0v) is 15.6. The first-order chi connectivity index (χ1) is 12.5. The van der Waals surface area contributed by atoms with Gasteiger partial charge in [-0.3, -0.25) is 4.79 Å². The lowest BCUT2D eigenvalue weighted by Gasteiger charge is -2.13. The van der Waals surface area contributed by atoms with Crippen LogP contribution in [0.25, 0.3) is 21.9 Å². The van der Waals surface area contributed by atoms with Crippen LogP contribution in [0.2, 0.25) is 0 Å². The summed E-state index contributed by atoms with van der Waals surface area (Å²) in [5, 5.41) is 9.97. The Balaban J connectivity index is 2.03. The molecule has 0 radical (unpaired) electrons. The van der Waals surface area contributed by atoms with Crippen LogP contribution in [0.5, 0.6) is 5.75 Å². The van der Waals surface area contributed by atoms with E-state index < -0.39 is 5.97 Å². The highest BCUT2D eigenvalue weighted by molar-refractivity contribution is 7.19. The summed E-state index contributed by atoms with van der Waals surface area (Å²) >= 11 is 1.58. The Morgan fingerprint density at radius 1 is 1.15 bits per heavy atom. The van der Waals surface area contributed by atoms with Gasteiger partial charge in [-0.15, -0.1) is 11.3 Å². The Bertz CT molecular complexity index is 910. The SMILES string of the molecule is CC(C)Oc1ccccc1C=C(CCC(=O)O)c1nc2ccccc2s1. The normalized spacial score (nSPS) is 11.9. The van der Waals surface area contributed by atoms with Crippen molar-refractivity contribution in [3.05, 3.63) is 59.1 Å². The minimum absolute atomic E-state index is 0.0643. The quantitative estimate of drug-likeness (QED) is 0.600. The molecule has 1 aromatic heterocycles. The summed E-state index contributed by atoms with van der Waals surface area (Å²) in [5.41, 5.74) is 2.77. The minimum Gasteiger partial charge on any atom is -0.490 e. The van der Waals surface area contributed by atoms with Gasteiger partial charge in [-0.25, -0.2) is 4.98 Å². The number of allylic oxidation sites excluding steroid dienone is 1. The van der Waals surface area contributed by atoms with E-state index in [0.29, 0.717) is 6.42 Å². The molecule has 0 aliphatic carbocycles. The number of thiazole rings is 1. The Morgan fingerprint density at radius 2 is 1.88 bits per heavy atom. The summed E-state index contributed by atoms with van der Waals surface area (Å²) in [4.78, 5) is 15.8. The molecule has 3 aromatic rings. The van der Waals surface area contributed by atoms with Crippen molar-refractivity contribution in [1.82, 2.24) is 4.98 Å². The average Bonchev–Trinajstić information content (AvgIpc) is 3.03. The minimum atomic E-state index is -0.816. The molecule has 0 fully saturated rings. The van der Waals surface area contributed by atoms with Gasteiger partial charge in [0.2, 0.25) is 0 Å². The van der Waals surface area contributed by atoms with Crippen molar-refractivity contribution in [2.45, 2.75) is 32.8 Å². The van der Waals surface area contributed by atoms with Crippen LogP contribution in [0.1, 0.15) is 37.3 Å². The number of para-hydroxylation sites is 2. The molecule has 26 heavy (non-hydrogen) atoms. The standard InChI is InChI=1S/C21H21NO3S/c1-14(2)25-18-9-5-3-7-15(18)13-16(11-12-20(23)24)21-22-17-8-4-6-10-19(17)26-21/h3-10,13-14H,11-12H2,1-2H3,(H,23,24). The van der Waals surface area contributed by atoms with Gasteiger partial charge in [0, 0.05) is 12.0 Å². The summed E-state index contributed by atoms with van der Waals surface area (Å²) in [5.74, 6) is -0.0276. The Kier molecular flexibility index (Phi) is 5.68. The highest BCUT2D eigenvalue weighted by atomic mass is 32.1. The van der Waals surface area contributed by atoms with Gasteiger partial charge in [-0.05, 0) is 50.1 Å². The van der Waals surface area contributed by atoms with E-state index in [1.54, 1.807) is 11.3 Å². The van der Waals surface area contributed by atoms with Crippen LogP contribution in [0.4, 0.5) is 0 Å². The molecule has 2 aromatic carbocycles. The van der Waals surface area contributed by atoms with Crippen LogP contribution in [-0.2, 0) is 4.79 Å². The number of carbonyl (C=O) groups is 1. The summed E-state index contributed by atoms with van der Waals surface area (Å²) in [6.07, 6.45) is 2.55. The summed E-state index contributed by atoms with van der Waals surface area (Å²) in [6.45, 7) is 3.97. The molecule has 0 amide bonds. The number of nitrogens with zero attached hydrogens (tertiary/aromatic N) is 1. The summed E-state index contributed by atoms with van der Waals surface area (Å²) in [6, 6.07) is 15.7. The molecule has 0 bridgehead atoms. The summed E-state index contributed by atoms with van der Waals surface area (Å²) < 4.78 is 6.98. The van der Waals surface area contributed by atoms with Gasteiger partial charge >= 0.3 is 5.97 Å². The van der Waals surface area contributed by atoms with Gasteiger partial charge in [-0.2, -0.15) is 0 Å². The van der Waals surface area contributed by atoms with Crippen molar-refractivity contribution in [3.63, 3.8) is 0 Å². The Hall–Kier alpha value is -2.66. The number of hydrogen-bond acceptors (Lipinski definition) is 4. The zero-order valence-electron chi connectivity index (χ0n) is 14.8. The molecule has 0 aliphatic heterocycles. The largest absolute Gasteiger partial charge is 0.490 e. The Morgan fingerprint density at radius 3 is 2.62 bits per heavy atom. The third kappa shape index (κ3) is 4.49. The third-order valence-electron chi connectivity index (χ3n) is 3.79. The second-order valence-electron chi connectivity index (χ2n) is 6.25. The van der Waals surface area contributed by atoms with Gasteiger partial charge in [0.15, 0.2) is 0 Å². The molecule has 0 saturated heterocycles. The van der Waals surface area contributed by atoms with E-state index in [1.165, 1.54) is 0 Å². The van der Waals surface area contributed by atoms with Crippen LogP contribution in [-0.4, -0.2) is 22.2 Å². The number of aromatic nitrogens is 1. The molecule has 0 atom stereocenters. The first-order valence-corrected chi connectivity index (χ1v) is 9.38. The predicted molar refractivity (Wildman–Crippen MR) is 107 cm³/mol. The molecular formula is C21H21NO3S. The monoisotopic (exact) mass is 367 g/mol. The lowest BCUT2D eigenvalue weighted by Crippen LogP contribution is -2.06. The second kappa shape index (κ2) is 8.15. The lowest BCUT2D eigenvalue weighted by molar-refractivity contribution is -0.136. The van der Waals surface area contributed by atoms with Crippen LogP contribution in [0, 0.1) is 0 Å². The molecule has 0 aliphatic rings. The predicted octanol–water partition coefficient (Wildman–Crippen LogP) is 5.49. The van der Waals surface area contributed by atoms with E-state index in [4.69, 9.17) is 14.8 Å². The van der Waals surface area contributed by atoms with Crippen LogP contribution >= 0.6 is 11.3 Å². The van der Waals surface area contributed by atoms with Gasteiger partial charge < -0.3 is 9.84 Å². The first kappa shape index (κ1) is 18.1. The van der Waals surface area contributed by atoms with E-state index in [0.717, 1.165) is 32.1 Å². The van der Waals surface area contributed by atoms with Crippen molar-refractivity contribution < 1.29 is 14.6 Å². The maximum atomic E-state index is 11.1. The van der Waals surface area contributed by atoms with Crippen LogP contribution in [0.3, 0.4) is 0 Å². The Labute approximate surface area is 156 Å². The number of hydrogen-bond donors (Lipinski definition) is 1. The van der Waals surface area contributed by atoms with E-state index in [1.807, 2.05) is 68.5 Å². The third-order valence-corrected chi connectivity index (χ3v) is 4.90. The first-order valence-electron chi connectivity index (χ1n) is 8.57. The number of benzene rings is 2. The molecule has 4 nitrogen and oxygen atoms in total.